The number of hydrogen-bond acceptors (Lipinski definition) is 4. The van der Waals surface area contributed by atoms with E-state index in [-0.39, 0.29) is 6.10 Å². The van der Waals surface area contributed by atoms with E-state index in [1.807, 2.05) is 12.1 Å². The average molecular weight is 221 g/mol. The predicted molar refractivity (Wildman–Crippen MR) is 59.3 cm³/mol. The van der Waals surface area contributed by atoms with E-state index in [4.69, 9.17) is 9.47 Å². The number of ether oxygens (including phenoxy) is 2. The Kier molecular flexibility index (Phi) is 3.54. The van der Waals surface area contributed by atoms with Gasteiger partial charge in [0.25, 0.3) is 6.47 Å². The van der Waals surface area contributed by atoms with E-state index in [2.05, 4.69) is 11.9 Å². The fraction of sp³-hybridized carbons (Fsp3) is 0.417. The first-order chi connectivity index (χ1) is 7.79. The van der Waals surface area contributed by atoms with Crippen molar-refractivity contribution in [1.29, 1.82) is 0 Å². The molecule has 1 aliphatic rings. The van der Waals surface area contributed by atoms with Gasteiger partial charge in [-0.3, -0.25) is 4.79 Å². The molecular weight excluding hydrogens is 206 g/mol. The van der Waals surface area contributed by atoms with Crippen LogP contribution in [0.3, 0.4) is 0 Å². The van der Waals surface area contributed by atoms with Crippen LogP contribution < -0.4 is 4.74 Å². The summed E-state index contributed by atoms with van der Waals surface area (Å²) in [6.45, 7) is 3.06. The van der Waals surface area contributed by atoms with E-state index in [0.29, 0.717) is 12.2 Å². The molecule has 1 atom stereocenters. The van der Waals surface area contributed by atoms with Crippen molar-refractivity contribution < 1.29 is 14.3 Å². The van der Waals surface area contributed by atoms with Crippen LogP contribution in [0.15, 0.2) is 24.3 Å². The number of hydrogen-bond donors (Lipinski definition) is 0. The minimum absolute atomic E-state index is 0.115. The molecule has 1 saturated heterocycles. The molecule has 2 rings (SSSR count). The van der Waals surface area contributed by atoms with Gasteiger partial charge in [0.15, 0.2) is 0 Å². The zero-order valence-electron chi connectivity index (χ0n) is 9.26. The van der Waals surface area contributed by atoms with E-state index in [9.17, 15) is 4.79 Å². The van der Waals surface area contributed by atoms with Crippen LogP contribution in [0, 0.1) is 0 Å². The van der Waals surface area contributed by atoms with Gasteiger partial charge < -0.3 is 14.4 Å². The third-order valence-corrected chi connectivity index (χ3v) is 2.71. The minimum atomic E-state index is 0.115. The Bertz CT molecular complexity index is 350. The highest BCUT2D eigenvalue weighted by Crippen LogP contribution is 2.23. The first-order valence-electron chi connectivity index (χ1n) is 5.30. The zero-order valence-corrected chi connectivity index (χ0v) is 9.26. The standard InChI is InChI=1S/C12H15NO3/c1-13-6-7-15-12(8-13)10-2-4-11(5-3-10)16-9-14/h2-5,9,12H,6-8H2,1H3. The average Bonchev–Trinajstić information content (AvgIpc) is 2.30. The van der Waals surface area contributed by atoms with Gasteiger partial charge in [0.2, 0.25) is 0 Å². The normalized spacial score (nSPS) is 21.7. The van der Waals surface area contributed by atoms with Crippen LogP contribution in [0.25, 0.3) is 0 Å². The van der Waals surface area contributed by atoms with Gasteiger partial charge in [0.1, 0.15) is 5.75 Å². The monoisotopic (exact) mass is 221 g/mol. The van der Waals surface area contributed by atoms with Crippen molar-refractivity contribution in [2.45, 2.75) is 6.10 Å². The Morgan fingerprint density at radius 1 is 1.44 bits per heavy atom. The summed E-state index contributed by atoms with van der Waals surface area (Å²) in [6.07, 6.45) is 0.115. The summed E-state index contributed by atoms with van der Waals surface area (Å²) in [6, 6.07) is 7.43. The molecule has 0 spiro atoms. The van der Waals surface area contributed by atoms with Gasteiger partial charge in [-0.05, 0) is 24.7 Å². The van der Waals surface area contributed by atoms with E-state index in [1.165, 1.54) is 0 Å². The smallest absolute Gasteiger partial charge is 0.298 e. The molecule has 4 nitrogen and oxygen atoms in total. The van der Waals surface area contributed by atoms with Gasteiger partial charge in [-0.25, -0.2) is 0 Å². The molecule has 1 unspecified atom stereocenters. The molecule has 0 bridgehead atoms. The van der Waals surface area contributed by atoms with Crippen LogP contribution >= 0.6 is 0 Å². The molecule has 0 radical (unpaired) electrons. The summed E-state index contributed by atoms with van der Waals surface area (Å²) in [5.41, 5.74) is 1.12. The van der Waals surface area contributed by atoms with Crippen molar-refractivity contribution in [1.82, 2.24) is 4.90 Å². The molecule has 0 aromatic heterocycles. The second-order valence-corrected chi connectivity index (χ2v) is 3.90. The fourth-order valence-electron chi connectivity index (χ4n) is 1.80. The van der Waals surface area contributed by atoms with Crippen molar-refractivity contribution in [2.75, 3.05) is 26.7 Å². The van der Waals surface area contributed by atoms with Crippen molar-refractivity contribution in [3.8, 4) is 5.75 Å². The van der Waals surface area contributed by atoms with Crippen molar-refractivity contribution >= 4 is 6.47 Å². The van der Waals surface area contributed by atoms with Crippen LogP contribution in [-0.4, -0.2) is 38.1 Å². The molecule has 16 heavy (non-hydrogen) atoms. The van der Waals surface area contributed by atoms with Crippen LogP contribution in [0.5, 0.6) is 5.75 Å². The minimum Gasteiger partial charge on any atom is -0.429 e. The fourth-order valence-corrected chi connectivity index (χ4v) is 1.80. The largest absolute Gasteiger partial charge is 0.429 e. The van der Waals surface area contributed by atoms with E-state index in [1.54, 1.807) is 12.1 Å². The van der Waals surface area contributed by atoms with E-state index >= 15 is 0 Å². The molecule has 0 amide bonds. The predicted octanol–water partition coefficient (Wildman–Crippen LogP) is 1.22. The summed E-state index contributed by atoms with van der Waals surface area (Å²) >= 11 is 0. The number of morpholine rings is 1. The van der Waals surface area contributed by atoms with Crippen molar-refractivity contribution in [3.63, 3.8) is 0 Å². The van der Waals surface area contributed by atoms with Crippen LogP contribution in [0.4, 0.5) is 0 Å². The molecule has 1 aromatic carbocycles. The number of benzene rings is 1. The summed E-state index contributed by atoms with van der Waals surface area (Å²) in [5, 5.41) is 0. The van der Waals surface area contributed by atoms with Gasteiger partial charge in [-0.1, -0.05) is 12.1 Å². The Balaban J connectivity index is 2.05. The lowest BCUT2D eigenvalue weighted by Gasteiger charge is -2.30. The van der Waals surface area contributed by atoms with Gasteiger partial charge >= 0.3 is 0 Å². The van der Waals surface area contributed by atoms with E-state index < -0.39 is 0 Å². The third-order valence-electron chi connectivity index (χ3n) is 2.71. The molecule has 1 heterocycles. The lowest BCUT2D eigenvalue weighted by Crippen LogP contribution is -2.35. The Labute approximate surface area is 94.8 Å². The molecule has 0 saturated carbocycles. The zero-order chi connectivity index (χ0) is 11.4. The second-order valence-electron chi connectivity index (χ2n) is 3.90. The Hall–Kier alpha value is -1.39. The van der Waals surface area contributed by atoms with Gasteiger partial charge in [-0.15, -0.1) is 0 Å². The van der Waals surface area contributed by atoms with E-state index in [0.717, 1.165) is 25.3 Å². The maximum Gasteiger partial charge on any atom is 0.298 e. The molecule has 0 aliphatic carbocycles. The highest BCUT2D eigenvalue weighted by atomic mass is 16.5. The maximum atomic E-state index is 10.2. The molecule has 4 heteroatoms. The number of carbonyl (C=O) groups excluding carboxylic acids is 1. The lowest BCUT2D eigenvalue weighted by molar-refractivity contribution is -0.120. The number of rotatable bonds is 3. The van der Waals surface area contributed by atoms with Gasteiger partial charge in [0, 0.05) is 13.1 Å². The highest BCUT2D eigenvalue weighted by Gasteiger charge is 2.19. The third kappa shape index (κ3) is 2.59. The summed E-state index contributed by atoms with van der Waals surface area (Å²) in [4.78, 5) is 12.4. The van der Waals surface area contributed by atoms with Crippen molar-refractivity contribution in [2.24, 2.45) is 0 Å². The maximum absolute atomic E-state index is 10.2. The topological polar surface area (TPSA) is 38.8 Å². The SMILES string of the molecule is CN1CCOC(c2ccc(OC=O)cc2)C1. The van der Waals surface area contributed by atoms with Gasteiger partial charge in [-0.2, -0.15) is 0 Å². The quantitative estimate of drug-likeness (QED) is 0.719. The van der Waals surface area contributed by atoms with Crippen LogP contribution in [-0.2, 0) is 9.53 Å². The van der Waals surface area contributed by atoms with Crippen LogP contribution in [0.1, 0.15) is 11.7 Å². The molecule has 1 fully saturated rings. The van der Waals surface area contributed by atoms with Gasteiger partial charge in [0.05, 0.1) is 12.7 Å². The molecule has 1 aromatic rings. The molecule has 0 N–H and O–H groups in total. The summed E-state index contributed by atoms with van der Waals surface area (Å²) < 4.78 is 10.4. The highest BCUT2D eigenvalue weighted by molar-refractivity contribution is 5.45. The Morgan fingerprint density at radius 2 is 2.19 bits per heavy atom. The Morgan fingerprint density at radius 3 is 2.81 bits per heavy atom. The number of nitrogens with zero attached hydrogens (tertiary/aromatic N) is 1. The molecule has 1 aliphatic heterocycles. The molecule has 86 valence electrons. The number of carbonyl (C=O) groups is 1. The first-order valence-corrected chi connectivity index (χ1v) is 5.30. The van der Waals surface area contributed by atoms with Crippen molar-refractivity contribution in [3.05, 3.63) is 29.8 Å². The first kappa shape index (κ1) is 11.1. The summed E-state index contributed by atoms with van der Waals surface area (Å²) in [7, 11) is 2.08. The second kappa shape index (κ2) is 5.09. The lowest BCUT2D eigenvalue weighted by atomic mass is 10.1. The van der Waals surface area contributed by atoms with Crippen LogP contribution in [0.2, 0.25) is 0 Å². The number of likely N-dealkylation sites (N-methyl/N-ethyl adjacent to an activating group) is 1. The summed E-state index contributed by atoms with van der Waals surface area (Å²) in [5.74, 6) is 0.558. The molecular formula is C12H15NO3.